The number of carbonyl (C=O) groups is 1. The topological polar surface area (TPSA) is 65.7 Å². The van der Waals surface area contributed by atoms with Gasteiger partial charge in [-0.05, 0) is 32.5 Å². The van der Waals surface area contributed by atoms with Crippen LogP contribution in [0.5, 0.6) is 0 Å². The molecule has 0 saturated carbocycles. The smallest absolute Gasteiger partial charge is 0.371 e. The summed E-state index contributed by atoms with van der Waals surface area (Å²) in [4.78, 5) is 13.2. The number of rotatable bonds is 9. The summed E-state index contributed by atoms with van der Waals surface area (Å²) in [5.41, 5.74) is 0.913. The van der Waals surface area contributed by atoms with Crippen LogP contribution in [0.15, 0.2) is 10.5 Å². The number of carboxylic acids is 1. The van der Waals surface area contributed by atoms with E-state index in [4.69, 9.17) is 9.52 Å². The molecule has 2 N–H and O–H groups in total. The normalized spacial score (nSPS) is 11.2. The van der Waals surface area contributed by atoms with E-state index >= 15 is 0 Å². The number of likely N-dealkylation sites (N-methyl/N-ethyl adjacent to an activating group) is 1. The Labute approximate surface area is 114 Å². The van der Waals surface area contributed by atoms with Gasteiger partial charge < -0.3 is 19.7 Å². The molecular formula is C14H24N2O3. The summed E-state index contributed by atoms with van der Waals surface area (Å²) in [7, 11) is 0. The van der Waals surface area contributed by atoms with Crippen LogP contribution in [-0.2, 0) is 6.54 Å². The van der Waals surface area contributed by atoms with Crippen molar-refractivity contribution in [2.75, 3.05) is 26.2 Å². The van der Waals surface area contributed by atoms with Crippen molar-refractivity contribution < 1.29 is 14.3 Å². The van der Waals surface area contributed by atoms with Crippen molar-refractivity contribution in [3.8, 4) is 0 Å². The molecule has 0 aliphatic rings. The van der Waals surface area contributed by atoms with Gasteiger partial charge in [0.25, 0.3) is 0 Å². The van der Waals surface area contributed by atoms with Crippen LogP contribution >= 0.6 is 0 Å². The molecule has 19 heavy (non-hydrogen) atoms. The number of hydrogen-bond acceptors (Lipinski definition) is 4. The highest BCUT2D eigenvalue weighted by Gasteiger charge is 2.12. The van der Waals surface area contributed by atoms with Crippen LogP contribution in [0.1, 0.15) is 42.1 Å². The minimum absolute atomic E-state index is 0.00969. The zero-order valence-electron chi connectivity index (χ0n) is 12.0. The summed E-state index contributed by atoms with van der Waals surface area (Å²) in [5.74, 6) is -0.337. The minimum Gasteiger partial charge on any atom is -0.475 e. The van der Waals surface area contributed by atoms with E-state index in [-0.39, 0.29) is 5.76 Å². The van der Waals surface area contributed by atoms with Gasteiger partial charge in [-0.1, -0.05) is 13.8 Å². The van der Waals surface area contributed by atoms with Gasteiger partial charge in [0.05, 0.1) is 0 Å². The summed E-state index contributed by atoms with van der Waals surface area (Å²) in [6.07, 6.45) is 1.16. The Kier molecular flexibility index (Phi) is 6.59. The molecule has 0 amide bonds. The van der Waals surface area contributed by atoms with Crippen molar-refractivity contribution in [2.24, 2.45) is 0 Å². The molecule has 0 spiro atoms. The first-order valence-corrected chi connectivity index (χ1v) is 6.84. The molecule has 0 atom stereocenters. The molecule has 5 heteroatoms. The Hall–Kier alpha value is -1.33. The fourth-order valence-electron chi connectivity index (χ4n) is 2.01. The molecule has 0 aliphatic carbocycles. The SMILES string of the molecule is CCCN(CC)CCNCc1cc(C(=O)O)oc1C. The third-order valence-corrected chi connectivity index (χ3v) is 3.14. The third kappa shape index (κ3) is 5.04. The third-order valence-electron chi connectivity index (χ3n) is 3.14. The average molecular weight is 268 g/mol. The zero-order chi connectivity index (χ0) is 14.3. The molecule has 1 aromatic rings. The van der Waals surface area contributed by atoms with Crippen LogP contribution in [0.25, 0.3) is 0 Å². The van der Waals surface area contributed by atoms with Crippen LogP contribution in [-0.4, -0.2) is 42.2 Å². The summed E-state index contributed by atoms with van der Waals surface area (Å²) < 4.78 is 5.16. The van der Waals surface area contributed by atoms with Crippen LogP contribution in [0.4, 0.5) is 0 Å². The maximum absolute atomic E-state index is 10.8. The number of aromatic carboxylic acids is 1. The average Bonchev–Trinajstić information content (AvgIpc) is 2.75. The lowest BCUT2D eigenvalue weighted by Gasteiger charge is -2.19. The summed E-state index contributed by atoms with van der Waals surface area (Å²) in [5, 5.41) is 12.2. The molecule has 1 rings (SSSR count). The van der Waals surface area contributed by atoms with Gasteiger partial charge in [-0.15, -0.1) is 0 Å². The molecule has 1 heterocycles. The van der Waals surface area contributed by atoms with E-state index in [2.05, 4.69) is 24.1 Å². The number of aryl methyl sites for hydroxylation is 1. The Morgan fingerprint density at radius 3 is 2.68 bits per heavy atom. The first kappa shape index (κ1) is 15.7. The first-order chi connectivity index (χ1) is 9.08. The fraction of sp³-hybridized carbons (Fsp3) is 0.643. The molecule has 0 aromatic carbocycles. The van der Waals surface area contributed by atoms with E-state index in [0.29, 0.717) is 12.3 Å². The van der Waals surface area contributed by atoms with Gasteiger partial charge in [0, 0.05) is 25.2 Å². The van der Waals surface area contributed by atoms with Crippen molar-refractivity contribution in [3.05, 3.63) is 23.2 Å². The van der Waals surface area contributed by atoms with Crippen molar-refractivity contribution in [2.45, 2.75) is 33.7 Å². The van der Waals surface area contributed by atoms with Gasteiger partial charge in [-0.25, -0.2) is 4.79 Å². The Bertz CT molecular complexity index is 401. The quantitative estimate of drug-likeness (QED) is 0.671. The molecule has 0 bridgehead atoms. The molecule has 0 fully saturated rings. The summed E-state index contributed by atoms with van der Waals surface area (Å²) in [6.45, 7) is 10.8. The van der Waals surface area contributed by atoms with Crippen LogP contribution in [0, 0.1) is 6.92 Å². The van der Waals surface area contributed by atoms with Gasteiger partial charge in [0.2, 0.25) is 5.76 Å². The largest absolute Gasteiger partial charge is 0.475 e. The van der Waals surface area contributed by atoms with Crippen molar-refractivity contribution in [1.29, 1.82) is 0 Å². The Balaban J connectivity index is 2.35. The van der Waals surface area contributed by atoms with Crippen LogP contribution in [0.2, 0.25) is 0 Å². The number of carboxylic acid groups (broad SMARTS) is 1. The van der Waals surface area contributed by atoms with E-state index in [1.165, 1.54) is 0 Å². The number of furan rings is 1. The highest BCUT2D eigenvalue weighted by atomic mass is 16.4. The van der Waals surface area contributed by atoms with E-state index in [0.717, 1.165) is 38.2 Å². The maximum Gasteiger partial charge on any atom is 0.371 e. The monoisotopic (exact) mass is 268 g/mol. The van der Waals surface area contributed by atoms with E-state index in [1.807, 2.05) is 0 Å². The van der Waals surface area contributed by atoms with E-state index in [1.54, 1.807) is 13.0 Å². The second-order valence-corrected chi connectivity index (χ2v) is 4.61. The van der Waals surface area contributed by atoms with Gasteiger partial charge in [0.1, 0.15) is 5.76 Å². The van der Waals surface area contributed by atoms with Gasteiger partial charge in [-0.2, -0.15) is 0 Å². The number of nitrogens with one attached hydrogen (secondary N) is 1. The molecule has 0 aliphatic heterocycles. The van der Waals surface area contributed by atoms with Gasteiger partial charge in [-0.3, -0.25) is 0 Å². The second kappa shape index (κ2) is 7.96. The highest BCUT2D eigenvalue weighted by Crippen LogP contribution is 2.14. The first-order valence-electron chi connectivity index (χ1n) is 6.84. The maximum atomic E-state index is 10.8. The second-order valence-electron chi connectivity index (χ2n) is 4.61. The zero-order valence-corrected chi connectivity index (χ0v) is 12.0. The lowest BCUT2D eigenvalue weighted by atomic mass is 10.2. The van der Waals surface area contributed by atoms with Crippen LogP contribution < -0.4 is 5.32 Å². The van der Waals surface area contributed by atoms with E-state index < -0.39 is 5.97 Å². The van der Waals surface area contributed by atoms with Gasteiger partial charge >= 0.3 is 5.97 Å². The van der Waals surface area contributed by atoms with Gasteiger partial charge in [0.15, 0.2) is 0 Å². The molecule has 0 radical (unpaired) electrons. The summed E-state index contributed by atoms with van der Waals surface area (Å²) in [6, 6.07) is 1.59. The summed E-state index contributed by atoms with van der Waals surface area (Å²) >= 11 is 0. The number of hydrogen-bond donors (Lipinski definition) is 2. The van der Waals surface area contributed by atoms with Crippen molar-refractivity contribution >= 4 is 5.97 Å². The highest BCUT2D eigenvalue weighted by molar-refractivity contribution is 5.84. The minimum atomic E-state index is -1.02. The lowest BCUT2D eigenvalue weighted by Crippen LogP contribution is -2.32. The Morgan fingerprint density at radius 2 is 2.16 bits per heavy atom. The van der Waals surface area contributed by atoms with Crippen molar-refractivity contribution in [3.63, 3.8) is 0 Å². The lowest BCUT2D eigenvalue weighted by molar-refractivity contribution is 0.0661. The predicted octanol–water partition coefficient (Wildman–Crippen LogP) is 2.11. The predicted molar refractivity (Wildman–Crippen MR) is 74.5 cm³/mol. The van der Waals surface area contributed by atoms with Crippen molar-refractivity contribution in [1.82, 2.24) is 10.2 Å². The Morgan fingerprint density at radius 1 is 1.42 bits per heavy atom. The number of nitrogens with zero attached hydrogens (tertiary/aromatic N) is 1. The molecular weight excluding hydrogens is 244 g/mol. The van der Waals surface area contributed by atoms with Crippen LogP contribution in [0.3, 0.4) is 0 Å². The molecule has 1 aromatic heterocycles. The van der Waals surface area contributed by atoms with E-state index in [9.17, 15) is 4.79 Å². The standard InChI is InChI=1S/C14H24N2O3/c1-4-7-16(5-2)8-6-15-10-12-9-13(14(17)18)19-11(12)3/h9,15H,4-8,10H2,1-3H3,(H,17,18). The fourth-order valence-corrected chi connectivity index (χ4v) is 2.01. The molecule has 5 nitrogen and oxygen atoms in total. The molecule has 0 unspecified atom stereocenters. The molecule has 0 saturated heterocycles. The molecule has 108 valence electrons.